The van der Waals surface area contributed by atoms with Crippen LogP contribution < -0.4 is 0 Å². The van der Waals surface area contributed by atoms with E-state index in [1.807, 2.05) is 0 Å². The first-order chi connectivity index (χ1) is 14.2. The van der Waals surface area contributed by atoms with Crippen molar-refractivity contribution in [2.24, 2.45) is 0 Å². The van der Waals surface area contributed by atoms with Gasteiger partial charge in [-0.3, -0.25) is 0 Å². The van der Waals surface area contributed by atoms with Gasteiger partial charge in [0.05, 0.1) is 36.3 Å². The predicted octanol–water partition coefficient (Wildman–Crippen LogP) is 5.66. The summed E-state index contributed by atoms with van der Waals surface area (Å²) in [5, 5.41) is 0. The molecule has 0 aromatic rings. The third kappa shape index (κ3) is 19.8. The number of unbranched alkanes of at least 4 members (excludes halogenated alkanes) is 5. The zero-order chi connectivity index (χ0) is 23.3. The third-order valence-electron chi connectivity index (χ3n) is 5.96. The van der Waals surface area contributed by atoms with Crippen LogP contribution in [-0.2, 0) is 10.1 Å². The Morgan fingerprint density at radius 1 is 0.633 bits per heavy atom. The van der Waals surface area contributed by atoms with Crippen molar-refractivity contribution in [3.8, 4) is 0 Å². The van der Waals surface area contributed by atoms with Crippen molar-refractivity contribution >= 4 is 10.1 Å². The summed E-state index contributed by atoms with van der Waals surface area (Å²) in [7, 11) is -4.00. The molecular formula is C24H54N2O3S. The molecule has 6 heteroatoms. The van der Waals surface area contributed by atoms with E-state index in [0.29, 0.717) is 6.42 Å². The molecule has 0 fully saturated rings. The van der Waals surface area contributed by atoms with Crippen LogP contribution in [0.15, 0.2) is 0 Å². The lowest BCUT2D eigenvalue weighted by atomic mass is 10.1. The van der Waals surface area contributed by atoms with E-state index in [0.717, 1.165) is 26.1 Å². The average molecular weight is 451 g/mol. The summed E-state index contributed by atoms with van der Waals surface area (Å²) in [6.07, 6.45) is 12.3. The number of rotatable bonds is 19. The van der Waals surface area contributed by atoms with Gasteiger partial charge in [0.15, 0.2) is 0 Å². The Kier molecular flexibility index (Phi) is 22.1. The molecule has 0 amide bonds. The van der Waals surface area contributed by atoms with Crippen molar-refractivity contribution < 1.29 is 17.5 Å². The van der Waals surface area contributed by atoms with Crippen molar-refractivity contribution in [1.29, 1.82) is 0 Å². The molecule has 0 bridgehead atoms. The first-order valence-corrected chi connectivity index (χ1v) is 14.3. The van der Waals surface area contributed by atoms with Crippen LogP contribution in [0.2, 0.25) is 0 Å². The van der Waals surface area contributed by atoms with Gasteiger partial charge in [0.25, 0.3) is 0 Å². The Morgan fingerprint density at radius 3 is 1.27 bits per heavy atom. The molecule has 0 N–H and O–H groups in total. The second-order valence-corrected chi connectivity index (χ2v) is 10.2. The van der Waals surface area contributed by atoms with Crippen LogP contribution in [0.3, 0.4) is 0 Å². The molecule has 184 valence electrons. The van der Waals surface area contributed by atoms with Gasteiger partial charge in [-0.05, 0) is 58.2 Å². The Morgan fingerprint density at radius 2 is 1.00 bits per heavy atom. The Bertz CT molecular complexity index is 414. The molecule has 0 aliphatic heterocycles. The van der Waals surface area contributed by atoms with Gasteiger partial charge in [-0.15, -0.1) is 0 Å². The van der Waals surface area contributed by atoms with Crippen molar-refractivity contribution in [1.82, 2.24) is 4.90 Å². The van der Waals surface area contributed by atoms with Crippen molar-refractivity contribution in [2.75, 3.05) is 51.6 Å². The van der Waals surface area contributed by atoms with E-state index < -0.39 is 10.1 Å². The molecule has 0 atom stereocenters. The molecule has 0 rings (SSSR count). The first kappa shape index (κ1) is 32.0. The largest absolute Gasteiger partial charge is 0.748 e. The molecule has 0 aliphatic carbocycles. The molecule has 0 aliphatic rings. The van der Waals surface area contributed by atoms with Gasteiger partial charge in [-0.2, -0.15) is 0 Å². The van der Waals surface area contributed by atoms with E-state index in [1.165, 1.54) is 82.0 Å². The zero-order valence-corrected chi connectivity index (χ0v) is 22.1. The number of hydrogen-bond acceptors (Lipinski definition) is 4. The lowest BCUT2D eigenvalue weighted by Crippen LogP contribution is -2.50. The fourth-order valence-corrected chi connectivity index (χ4v) is 4.36. The van der Waals surface area contributed by atoms with Crippen molar-refractivity contribution in [2.45, 2.75) is 106 Å². The highest BCUT2D eigenvalue weighted by Gasteiger charge is 2.24. The zero-order valence-electron chi connectivity index (χ0n) is 21.3. The molecule has 0 saturated carbocycles. The predicted molar refractivity (Wildman–Crippen MR) is 131 cm³/mol. The summed E-state index contributed by atoms with van der Waals surface area (Å²) < 4.78 is 32.2. The van der Waals surface area contributed by atoms with Crippen LogP contribution in [0.25, 0.3) is 0 Å². The van der Waals surface area contributed by atoms with Crippen LogP contribution in [-0.4, -0.2) is 73.9 Å². The standard InChI is InChI=1S/C16H36N.C8H19NO3S/c1-5-9-13-17(14-10-6-2,15-11-7-3)16-12-8-4;1-3-9(4-2)7-5-6-8-13(10,11)12/h5-16H2,1-4H3;3-8H2,1-2H3,(H,10,11,12)/q+1;/p-1. The Hall–Kier alpha value is -0.170. The van der Waals surface area contributed by atoms with E-state index in [2.05, 4.69) is 46.4 Å². The summed E-state index contributed by atoms with van der Waals surface area (Å²) in [6.45, 7) is 22.0. The molecule has 0 radical (unpaired) electrons. The van der Waals surface area contributed by atoms with Crippen LogP contribution in [0.4, 0.5) is 0 Å². The molecule has 0 heterocycles. The molecule has 30 heavy (non-hydrogen) atoms. The topological polar surface area (TPSA) is 60.4 Å². The van der Waals surface area contributed by atoms with E-state index in [1.54, 1.807) is 0 Å². The molecule has 0 spiro atoms. The summed E-state index contributed by atoms with van der Waals surface area (Å²) >= 11 is 0. The second kappa shape index (κ2) is 20.7. The quantitative estimate of drug-likeness (QED) is 0.145. The molecule has 0 aromatic heterocycles. The summed E-state index contributed by atoms with van der Waals surface area (Å²) in [5.74, 6) is -0.228. The highest BCUT2D eigenvalue weighted by molar-refractivity contribution is 7.85. The van der Waals surface area contributed by atoms with Crippen molar-refractivity contribution in [3.63, 3.8) is 0 Å². The maximum absolute atomic E-state index is 10.2. The second-order valence-electron chi connectivity index (χ2n) is 8.65. The van der Waals surface area contributed by atoms with Gasteiger partial charge in [0, 0.05) is 5.75 Å². The third-order valence-corrected chi connectivity index (χ3v) is 6.75. The lowest BCUT2D eigenvalue weighted by molar-refractivity contribution is -0.929. The lowest BCUT2D eigenvalue weighted by Gasteiger charge is -2.39. The van der Waals surface area contributed by atoms with Gasteiger partial charge in [-0.25, -0.2) is 8.42 Å². The average Bonchev–Trinajstić information content (AvgIpc) is 2.72. The normalized spacial score (nSPS) is 12.1. The van der Waals surface area contributed by atoms with Gasteiger partial charge >= 0.3 is 0 Å². The Labute approximate surface area is 189 Å². The van der Waals surface area contributed by atoms with E-state index >= 15 is 0 Å². The molecule has 0 aromatic carbocycles. The highest BCUT2D eigenvalue weighted by atomic mass is 32.2. The van der Waals surface area contributed by atoms with Crippen LogP contribution in [0.5, 0.6) is 0 Å². The molecule has 0 unspecified atom stereocenters. The smallest absolute Gasteiger partial charge is 0.0945 e. The minimum absolute atomic E-state index is 0.228. The minimum atomic E-state index is -4.00. The summed E-state index contributed by atoms with van der Waals surface area (Å²) in [4.78, 5) is 2.21. The van der Waals surface area contributed by atoms with Crippen LogP contribution in [0.1, 0.15) is 106 Å². The van der Waals surface area contributed by atoms with Crippen molar-refractivity contribution in [3.05, 3.63) is 0 Å². The maximum atomic E-state index is 10.2. The SMILES string of the molecule is CCCC[N+](CCCC)(CCCC)CCCC.CCN(CC)CCCCS(=O)(=O)[O-]. The van der Waals surface area contributed by atoms with Gasteiger partial charge < -0.3 is 13.9 Å². The van der Waals surface area contributed by atoms with Crippen LogP contribution >= 0.6 is 0 Å². The fourth-order valence-electron chi connectivity index (χ4n) is 3.80. The van der Waals surface area contributed by atoms with Crippen LogP contribution in [0, 0.1) is 0 Å². The Balaban J connectivity index is 0. The highest BCUT2D eigenvalue weighted by Crippen LogP contribution is 2.16. The molecular weight excluding hydrogens is 396 g/mol. The number of nitrogens with zero attached hydrogens (tertiary/aromatic N) is 2. The van der Waals surface area contributed by atoms with Gasteiger partial charge in [0.2, 0.25) is 0 Å². The number of quaternary nitrogens is 1. The molecule has 0 saturated heterocycles. The van der Waals surface area contributed by atoms with E-state index in [-0.39, 0.29) is 5.75 Å². The van der Waals surface area contributed by atoms with E-state index in [4.69, 9.17) is 0 Å². The van der Waals surface area contributed by atoms with Gasteiger partial charge in [0.1, 0.15) is 0 Å². The minimum Gasteiger partial charge on any atom is -0.748 e. The monoisotopic (exact) mass is 450 g/mol. The maximum Gasteiger partial charge on any atom is 0.0945 e. The number of hydrogen-bond donors (Lipinski definition) is 0. The summed E-state index contributed by atoms with van der Waals surface area (Å²) in [6, 6.07) is 0. The summed E-state index contributed by atoms with van der Waals surface area (Å²) in [5.41, 5.74) is 0. The molecule has 5 nitrogen and oxygen atoms in total. The van der Waals surface area contributed by atoms with Gasteiger partial charge in [-0.1, -0.05) is 67.2 Å². The first-order valence-electron chi connectivity index (χ1n) is 12.7. The fraction of sp³-hybridized carbons (Fsp3) is 1.00. The van der Waals surface area contributed by atoms with E-state index in [9.17, 15) is 13.0 Å².